The van der Waals surface area contributed by atoms with E-state index in [1.807, 2.05) is 30.3 Å². The minimum Gasteiger partial charge on any atom is -0.497 e. The molecule has 2 aliphatic heterocycles. The fraction of sp³-hybridized carbons (Fsp3) is 0.333. The van der Waals surface area contributed by atoms with Crippen molar-refractivity contribution in [2.24, 2.45) is 0 Å². The summed E-state index contributed by atoms with van der Waals surface area (Å²) < 4.78 is 24.6. The van der Waals surface area contributed by atoms with Crippen LogP contribution in [0.4, 0.5) is 5.69 Å². The molecule has 0 radical (unpaired) electrons. The van der Waals surface area contributed by atoms with Gasteiger partial charge in [-0.05, 0) is 73.6 Å². The topological polar surface area (TPSA) is 43.4 Å². The zero-order valence-corrected chi connectivity index (χ0v) is 25.0. The van der Waals surface area contributed by atoms with E-state index in [2.05, 4.69) is 91.2 Å². The normalized spacial score (nSPS) is 18.3. The quantitative estimate of drug-likeness (QED) is 0.179. The first-order chi connectivity index (χ1) is 20.5. The van der Waals surface area contributed by atoms with Crippen molar-refractivity contribution in [1.82, 2.24) is 4.90 Å². The predicted molar refractivity (Wildman–Crippen MR) is 167 cm³/mol. The number of nitrogens with zero attached hydrogens (tertiary/aromatic N) is 2. The molecule has 0 saturated heterocycles. The van der Waals surface area contributed by atoms with Gasteiger partial charge in [-0.25, -0.2) is 0 Å². The molecule has 6 nitrogen and oxygen atoms in total. The molecule has 42 heavy (non-hydrogen) atoms. The molecule has 0 saturated carbocycles. The summed E-state index contributed by atoms with van der Waals surface area (Å²) in [5, 5.41) is 0. The summed E-state index contributed by atoms with van der Waals surface area (Å²) in [6.45, 7) is 11.5. The van der Waals surface area contributed by atoms with Crippen LogP contribution in [-0.2, 0) is 18.8 Å². The molecule has 0 spiro atoms. The monoisotopic (exact) mass is 564 g/mol. The Morgan fingerprint density at radius 2 is 1.55 bits per heavy atom. The molecule has 0 aliphatic carbocycles. The Hall–Kier alpha value is -4.16. The fourth-order valence-corrected chi connectivity index (χ4v) is 6.23. The number of rotatable bonds is 12. The number of ether oxygens (including phenoxy) is 4. The van der Waals surface area contributed by atoms with Crippen LogP contribution in [0.15, 0.2) is 91.0 Å². The number of fused-ring (bicyclic) bond motifs is 5. The Labute approximate surface area is 249 Å². The van der Waals surface area contributed by atoms with E-state index < -0.39 is 5.60 Å². The van der Waals surface area contributed by atoms with Gasteiger partial charge in [0, 0.05) is 36.0 Å². The van der Waals surface area contributed by atoms with E-state index >= 15 is 0 Å². The number of methoxy groups -OCH3 is 1. The van der Waals surface area contributed by atoms with Crippen molar-refractivity contribution in [1.29, 1.82) is 0 Å². The third-order valence-corrected chi connectivity index (χ3v) is 8.58. The smallest absolute Gasteiger partial charge is 0.158 e. The highest BCUT2D eigenvalue weighted by atomic mass is 16.5. The standard InChI is InChI=1S/C36H40N2O4/c1-5-37(6-2)20-21-40-28-14-12-26(13-15-28)24-38-33-19-17-29(39-4)22-32(33)36(3)35(38)31-18-16-30(23-34(31)42-36)41-25-27-10-8-7-9-11-27/h7-19,22-23,35H,5-6,20-21,24-25H2,1-4H3. The van der Waals surface area contributed by atoms with Gasteiger partial charge in [0.25, 0.3) is 0 Å². The average molecular weight is 565 g/mol. The van der Waals surface area contributed by atoms with Crippen LogP contribution in [0.1, 0.15) is 49.1 Å². The largest absolute Gasteiger partial charge is 0.497 e. The van der Waals surface area contributed by atoms with Gasteiger partial charge in [-0.2, -0.15) is 0 Å². The molecule has 0 N–H and O–H groups in total. The summed E-state index contributed by atoms with van der Waals surface area (Å²) in [6, 6.07) is 31.3. The molecule has 2 aliphatic rings. The second-order valence-corrected chi connectivity index (χ2v) is 11.1. The highest BCUT2D eigenvalue weighted by Gasteiger charge is 2.55. The Balaban J connectivity index is 1.24. The van der Waals surface area contributed by atoms with Crippen molar-refractivity contribution in [2.75, 3.05) is 38.3 Å². The summed E-state index contributed by atoms with van der Waals surface area (Å²) in [5.41, 5.74) is 5.25. The van der Waals surface area contributed by atoms with Gasteiger partial charge in [-0.15, -0.1) is 0 Å². The molecule has 0 aromatic heterocycles. The lowest BCUT2D eigenvalue weighted by Crippen LogP contribution is -2.34. The van der Waals surface area contributed by atoms with Crippen LogP contribution in [0, 0.1) is 0 Å². The molecule has 6 heteroatoms. The van der Waals surface area contributed by atoms with Crippen molar-refractivity contribution in [3.05, 3.63) is 113 Å². The van der Waals surface area contributed by atoms with E-state index in [-0.39, 0.29) is 6.04 Å². The van der Waals surface area contributed by atoms with Crippen LogP contribution in [0.2, 0.25) is 0 Å². The van der Waals surface area contributed by atoms with E-state index in [1.54, 1.807) is 7.11 Å². The lowest BCUT2D eigenvalue weighted by molar-refractivity contribution is 0.0965. The highest BCUT2D eigenvalue weighted by molar-refractivity contribution is 5.70. The second kappa shape index (κ2) is 12.0. The molecule has 0 amide bonds. The predicted octanol–water partition coefficient (Wildman–Crippen LogP) is 7.36. The SMILES string of the molecule is CCN(CC)CCOc1ccc(CN2c3ccc(OC)cc3C3(C)Oc4cc(OCc5ccccc5)ccc4C23)cc1. The third-order valence-electron chi connectivity index (χ3n) is 8.58. The Bertz CT molecular complexity index is 1500. The van der Waals surface area contributed by atoms with Gasteiger partial charge in [0.05, 0.1) is 7.11 Å². The van der Waals surface area contributed by atoms with Gasteiger partial charge in [0.2, 0.25) is 0 Å². The third kappa shape index (κ3) is 5.39. The first-order valence-corrected chi connectivity index (χ1v) is 14.9. The molecule has 2 atom stereocenters. The molecule has 6 rings (SSSR count). The van der Waals surface area contributed by atoms with E-state index in [1.165, 1.54) is 5.56 Å². The summed E-state index contributed by atoms with van der Waals surface area (Å²) in [4.78, 5) is 4.83. The summed E-state index contributed by atoms with van der Waals surface area (Å²) in [6.07, 6.45) is 0. The highest BCUT2D eigenvalue weighted by Crippen LogP contribution is 2.60. The molecular formula is C36H40N2O4. The molecule has 2 unspecified atom stereocenters. The minimum absolute atomic E-state index is 0.0165. The Morgan fingerprint density at radius 1 is 0.810 bits per heavy atom. The number of anilines is 1. The van der Waals surface area contributed by atoms with E-state index in [0.29, 0.717) is 13.2 Å². The van der Waals surface area contributed by atoms with Gasteiger partial charge in [0.15, 0.2) is 5.60 Å². The number of hydrogen-bond donors (Lipinski definition) is 0. The molecule has 218 valence electrons. The molecule has 0 fully saturated rings. The maximum absolute atomic E-state index is 6.80. The van der Waals surface area contributed by atoms with Crippen LogP contribution >= 0.6 is 0 Å². The van der Waals surface area contributed by atoms with Crippen molar-refractivity contribution in [2.45, 2.75) is 45.6 Å². The van der Waals surface area contributed by atoms with Gasteiger partial charge in [-0.1, -0.05) is 56.3 Å². The van der Waals surface area contributed by atoms with Crippen LogP contribution in [0.5, 0.6) is 23.0 Å². The van der Waals surface area contributed by atoms with Gasteiger partial charge >= 0.3 is 0 Å². The van der Waals surface area contributed by atoms with Crippen molar-refractivity contribution in [3.63, 3.8) is 0 Å². The number of hydrogen-bond acceptors (Lipinski definition) is 6. The summed E-state index contributed by atoms with van der Waals surface area (Å²) in [5.74, 6) is 3.40. The van der Waals surface area contributed by atoms with Gasteiger partial charge in [-0.3, -0.25) is 0 Å². The lowest BCUT2D eigenvalue weighted by atomic mass is 9.89. The van der Waals surface area contributed by atoms with Crippen molar-refractivity contribution >= 4 is 5.69 Å². The molecular weight excluding hydrogens is 524 g/mol. The molecule has 4 aromatic carbocycles. The van der Waals surface area contributed by atoms with Crippen molar-refractivity contribution in [3.8, 4) is 23.0 Å². The molecule has 2 heterocycles. The number of benzene rings is 4. The first kappa shape index (κ1) is 28.0. The summed E-state index contributed by atoms with van der Waals surface area (Å²) >= 11 is 0. The average Bonchev–Trinajstić information content (AvgIpc) is 3.45. The fourth-order valence-electron chi connectivity index (χ4n) is 6.23. The maximum atomic E-state index is 6.80. The van der Waals surface area contributed by atoms with E-state index in [4.69, 9.17) is 18.9 Å². The van der Waals surface area contributed by atoms with Gasteiger partial charge < -0.3 is 28.7 Å². The maximum Gasteiger partial charge on any atom is 0.158 e. The zero-order chi connectivity index (χ0) is 29.1. The summed E-state index contributed by atoms with van der Waals surface area (Å²) in [7, 11) is 1.71. The van der Waals surface area contributed by atoms with E-state index in [0.717, 1.165) is 71.6 Å². The Kier molecular flexibility index (Phi) is 7.98. The van der Waals surface area contributed by atoms with Crippen LogP contribution in [0.3, 0.4) is 0 Å². The van der Waals surface area contributed by atoms with E-state index in [9.17, 15) is 0 Å². The van der Waals surface area contributed by atoms with Crippen LogP contribution in [-0.4, -0.2) is 38.3 Å². The van der Waals surface area contributed by atoms with Crippen molar-refractivity contribution < 1.29 is 18.9 Å². The van der Waals surface area contributed by atoms with Gasteiger partial charge in [0.1, 0.15) is 42.3 Å². The Morgan fingerprint density at radius 3 is 2.29 bits per heavy atom. The zero-order valence-electron chi connectivity index (χ0n) is 25.0. The lowest BCUT2D eigenvalue weighted by Gasteiger charge is -2.30. The van der Waals surface area contributed by atoms with Crippen LogP contribution < -0.4 is 23.8 Å². The van der Waals surface area contributed by atoms with Crippen LogP contribution in [0.25, 0.3) is 0 Å². The number of likely N-dealkylation sites (N-methyl/N-ethyl adjacent to an activating group) is 1. The minimum atomic E-state index is -0.558. The molecule has 4 aromatic rings. The second-order valence-electron chi connectivity index (χ2n) is 11.1. The molecule has 0 bridgehead atoms. The first-order valence-electron chi connectivity index (χ1n) is 14.9.